The highest BCUT2D eigenvalue weighted by molar-refractivity contribution is 5.67. The van der Waals surface area contributed by atoms with Crippen molar-refractivity contribution >= 4 is 11.8 Å². The van der Waals surface area contributed by atoms with E-state index in [-0.39, 0.29) is 17.9 Å². The molecule has 144 valence electrons. The number of anilines is 1. The third-order valence-corrected chi connectivity index (χ3v) is 5.03. The molecular weight excluding hydrogens is 342 g/mol. The molecule has 0 spiro atoms. The van der Waals surface area contributed by atoms with Gasteiger partial charge in [-0.3, -0.25) is 4.90 Å². The first kappa shape index (κ1) is 19.0. The maximum atomic E-state index is 12.3. The van der Waals surface area contributed by atoms with Crippen molar-refractivity contribution in [3.8, 4) is 5.75 Å². The predicted octanol–water partition coefficient (Wildman–Crippen LogP) is 3.38. The summed E-state index contributed by atoms with van der Waals surface area (Å²) in [6, 6.07) is 15.0. The van der Waals surface area contributed by atoms with E-state index in [1.165, 1.54) is 0 Å². The van der Waals surface area contributed by atoms with Crippen molar-refractivity contribution in [1.29, 1.82) is 0 Å². The first-order chi connectivity index (χ1) is 13.1. The van der Waals surface area contributed by atoms with Gasteiger partial charge in [0.15, 0.2) is 0 Å². The van der Waals surface area contributed by atoms with Crippen LogP contribution in [0.2, 0.25) is 0 Å². The summed E-state index contributed by atoms with van der Waals surface area (Å²) in [4.78, 5) is 16.4. The number of nitrogens with zero attached hydrogens (tertiary/aromatic N) is 2. The van der Waals surface area contributed by atoms with Crippen LogP contribution in [0.25, 0.3) is 0 Å². The van der Waals surface area contributed by atoms with Crippen LogP contribution < -0.4 is 5.73 Å². The number of carbonyl (C=O) groups is 1. The molecule has 3 N–H and O–H groups in total. The fraction of sp³-hybridized carbons (Fsp3) is 0.381. The quantitative estimate of drug-likeness (QED) is 0.790. The number of hydrogen-bond donors (Lipinski definition) is 2. The molecule has 1 saturated heterocycles. The van der Waals surface area contributed by atoms with Gasteiger partial charge in [-0.15, -0.1) is 0 Å². The zero-order valence-corrected chi connectivity index (χ0v) is 15.7. The molecule has 1 unspecified atom stereocenters. The van der Waals surface area contributed by atoms with Crippen LogP contribution >= 0.6 is 0 Å². The number of phenolic OH excluding ortho intramolecular Hbond substituents is 1. The van der Waals surface area contributed by atoms with Crippen molar-refractivity contribution in [1.82, 2.24) is 9.80 Å². The van der Waals surface area contributed by atoms with Crippen LogP contribution in [-0.4, -0.2) is 47.2 Å². The number of nitrogen functional groups attached to an aromatic ring is 1. The van der Waals surface area contributed by atoms with E-state index in [0.29, 0.717) is 25.4 Å². The molecule has 2 aromatic carbocycles. The Morgan fingerprint density at radius 1 is 1.15 bits per heavy atom. The third-order valence-electron chi connectivity index (χ3n) is 5.03. The smallest absolute Gasteiger partial charge is 0.410 e. The Balaban J connectivity index is 1.54. The monoisotopic (exact) mass is 369 g/mol. The second-order valence-electron chi connectivity index (χ2n) is 6.80. The summed E-state index contributed by atoms with van der Waals surface area (Å²) in [6.07, 6.45) is 0.642. The zero-order valence-electron chi connectivity index (χ0n) is 15.7. The normalized spacial score (nSPS) is 16.1. The van der Waals surface area contributed by atoms with Crippen molar-refractivity contribution in [3.63, 3.8) is 0 Å². The molecule has 6 nitrogen and oxygen atoms in total. The average molecular weight is 369 g/mol. The highest BCUT2D eigenvalue weighted by atomic mass is 16.6. The maximum Gasteiger partial charge on any atom is 0.410 e. The summed E-state index contributed by atoms with van der Waals surface area (Å²) >= 11 is 0. The number of ether oxygens (including phenoxy) is 1. The lowest BCUT2D eigenvalue weighted by atomic mass is 10.00. The molecule has 0 radical (unpaired) electrons. The van der Waals surface area contributed by atoms with E-state index >= 15 is 0 Å². The van der Waals surface area contributed by atoms with Gasteiger partial charge >= 0.3 is 6.09 Å². The van der Waals surface area contributed by atoms with E-state index in [1.807, 2.05) is 36.4 Å². The number of benzene rings is 2. The SMILES string of the molecule is CCC(c1ccc(O)cc1N)N1CCN(C(=O)OCc2ccccc2)CC1. The van der Waals surface area contributed by atoms with Crippen LogP contribution in [0, 0.1) is 0 Å². The van der Waals surface area contributed by atoms with Gasteiger partial charge in [0.25, 0.3) is 0 Å². The molecule has 3 rings (SSSR count). The van der Waals surface area contributed by atoms with Gasteiger partial charge in [0.1, 0.15) is 12.4 Å². The van der Waals surface area contributed by atoms with Gasteiger partial charge < -0.3 is 20.5 Å². The van der Waals surface area contributed by atoms with E-state index < -0.39 is 0 Å². The number of rotatable bonds is 5. The standard InChI is InChI=1S/C21H27N3O3/c1-2-20(18-9-8-17(25)14-19(18)22)23-10-12-24(13-11-23)21(26)27-15-16-6-4-3-5-7-16/h3-9,14,20,25H,2,10-13,15,22H2,1H3. The predicted molar refractivity (Wildman–Crippen MR) is 105 cm³/mol. The molecule has 1 heterocycles. The average Bonchev–Trinajstić information content (AvgIpc) is 2.69. The van der Waals surface area contributed by atoms with Gasteiger partial charge in [-0.25, -0.2) is 4.79 Å². The summed E-state index contributed by atoms with van der Waals surface area (Å²) in [7, 11) is 0. The minimum Gasteiger partial charge on any atom is -0.508 e. The molecule has 27 heavy (non-hydrogen) atoms. The second-order valence-corrected chi connectivity index (χ2v) is 6.80. The van der Waals surface area contributed by atoms with Crippen LogP contribution in [0.1, 0.15) is 30.5 Å². The Bertz CT molecular complexity index is 759. The lowest BCUT2D eigenvalue weighted by Gasteiger charge is -2.39. The molecule has 0 aliphatic carbocycles. The van der Waals surface area contributed by atoms with Gasteiger partial charge in [0, 0.05) is 44.0 Å². The Labute approximate surface area is 160 Å². The molecule has 1 aliphatic rings. The second kappa shape index (κ2) is 8.77. The van der Waals surface area contributed by atoms with Crippen LogP contribution in [-0.2, 0) is 11.3 Å². The van der Waals surface area contributed by atoms with Gasteiger partial charge in [0.2, 0.25) is 0 Å². The van der Waals surface area contributed by atoms with Gasteiger partial charge in [0.05, 0.1) is 0 Å². The van der Waals surface area contributed by atoms with E-state index in [1.54, 1.807) is 17.0 Å². The molecule has 2 aromatic rings. The van der Waals surface area contributed by atoms with Gasteiger partial charge in [-0.2, -0.15) is 0 Å². The van der Waals surface area contributed by atoms with Crippen molar-refractivity contribution in [3.05, 3.63) is 59.7 Å². The van der Waals surface area contributed by atoms with Crippen LogP contribution in [0.4, 0.5) is 10.5 Å². The number of hydrogen-bond acceptors (Lipinski definition) is 5. The Kier molecular flexibility index (Phi) is 6.19. The molecule has 0 aromatic heterocycles. The van der Waals surface area contributed by atoms with Crippen molar-refractivity contribution < 1.29 is 14.6 Å². The van der Waals surface area contributed by atoms with Crippen molar-refractivity contribution in [2.75, 3.05) is 31.9 Å². The number of nitrogens with two attached hydrogens (primary N) is 1. The summed E-state index contributed by atoms with van der Waals surface area (Å²) in [5.74, 6) is 0.178. The first-order valence-electron chi connectivity index (χ1n) is 9.36. The Morgan fingerprint density at radius 2 is 1.85 bits per heavy atom. The number of piperazine rings is 1. The first-order valence-corrected chi connectivity index (χ1v) is 9.36. The lowest BCUT2D eigenvalue weighted by molar-refractivity contribution is 0.0589. The summed E-state index contributed by atoms with van der Waals surface area (Å²) in [5, 5.41) is 9.58. The van der Waals surface area contributed by atoms with Gasteiger partial charge in [-0.05, 0) is 23.6 Å². The molecule has 0 saturated carbocycles. The number of carbonyl (C=O) groups excluding carboxylic acids is 1. The van der Waals surface area contributed by atoms with E-state index in [4.69, 9.17) is 10.5 Å². The third kappa shape index (κ3) is 4.71. The summed E-state index contributed by atoms with van der Waals surface area (Å²) in [5.41, 5.74) is 8.72. The Morgan fingerprint density at radius 3 is 2.48 bits per heavy atom. The number of amides is 1. The molecule has 1 aliphatic heterocycles. The molecule has 1 atom stereocenters. The van der Waals surface area contributed by atoms with Crippen molar-refractivity contribution in [2.45, 2.75) is 26.0 Å². The van der Waals surface area contributed by atoms with Crippen LogP contribution in [0.3, 0.4) is 0 Å². The largest absolute Gasteiger partial charge is 0.508 e. The van der Waals surface area contributed by atoms with E-state index in [0.717, 1.165) is 30.6 Å². The summed E-state index contributed by atoms with van der Waals surface area (Å²) < 4.78 is 5.43. The molecular formula is C21H27N3O3. The van der Waals surface area contributed by atoms with Gasteiger partial charge in [-0.1, -0.05) is 43.3 Å². The number of phenols is 1. The fourth-order valence-corrected chi connectivity index (χ4v) is 3.57. The highest BCUT2D eigenvalue weighted by Gasteiger charge is 2.27. The Hall–Kier alpha value is -2.73. The fourth-order valence-electron chi connectivity index (χ4n) is 3.57. The van der Waals surface area contributed by atoms with Crippen LogP contribution in [0.15, 0.2) is 48.5 Å². The zero-order chi connectivity index (χ0) is 19.2. The van der Waals surface area contributed by atoms with Crippen LogP contribution in [0.5, 0.6) is 5.75 Å². The summed E-state index contributed by atoms with van der Waals surface area (Å²) in [6.45, 7) is 5.20. The van der Waals surface area contributed by atoms with Crippen molar-refractivity contribution in [2.24, 2.45) is 0 Å². The van der Waals surface area contributed by atoms with E-state index in [9.17, 15) is 9.90 Å². The minimum absolute atomic E-state index is 0.174. The number of aromatic hydroxyl groups is 1. The molecule has 0 bridgehead atoms. The molecule has 1 amide bonds. The molecule has 6 heteroatoms. The topological polar surface area (TPSA) is 79.0 Å². The highest BCUT2D eigenvalue weighted by Crippen LogP contribution is 2.31. The lowest BCUT2D eigenvalue weighted by Crippen LogP contribution is -2.49. The molecule has 1 fully saturated rings. The minimum atomic E-state index is -0.268. The van der Waals surface area contributed by atoms with E-state index in [2.05, 4.69) is 11.8 Å². The maximum absolute atomic E-state index is 12.3.